The highest BCUT2D eigenvalue weighted by Gasteiger charge is 2.30. The second-order valence-corrected chi connectivity index (χ2v) is 18.2. The quantitative estimate of drug-likeness (QED) is 0.0365. The van der Waals surface area contributed by atoms with Gasteiger partial charge in [-0.25, -0.2) is 29.0 Å². The maximum absolute atomic E-state index is 13.2. The lowest BCUT2D eigenvalue weighted by Crippen LogP contribution is -2.37. The maximum atomic E-state index is 13.2. The minimum absolute atomic E-state index is 0.0476. The van der Waals surface area contributed by atoms with Crippen molar-refractivity contribution in [3.8, 4) is 17.0 Å². The lowest BCUT2D eigenvalue weighted by atomic mass is 10.1. The zero-order valence-corrected chi connectivity index (χ0v) is 37.7. The monoisotopic (exact) mass is 875 g/mol. The molecule has 1 atom stereocenters. The van der Waals surface area contributed by atoms with Crippen LogP contribution in [0.4, 0.5) is 19.5 Å². The van der Waals surface area contributed by atoms with Crippen LogP contribution in [-0.4, -0.2) is 96.8 Å². The van der Waals surface area contributed by atoms with Gasteiger partial charge in [0.15, 0.2) is 5.13 Å². The van der Waals surface area contributed by atoms with Crippen molar-refractivity contribution in [1.82, 2.24) is 19.4 Å². The number of hydrogen-bond donors (Lipinski definition) is 3. The highest BCUT2D eigenvalue weighted by Crippen LogP contribution is 2.23. The van der Waals surface area contributed by atoms with Crippen LogP contribution in [0.3, 0.4) is 0 Å². The average molecular weight is 876 g/mol. The summed E-state index contributed by atoms with van der Waals surface area (Å²) in [5.41, 5.74) is -2.28. The van der Waals surface area contributed by atoms with E-state index in [2.05, 4.69) is 25.8 Å². The van der Waals surface area contributed by atoms with Crippen LogP contribution in [0.15, 0.2) is 46.0 Å². The number of imidazole rings is 1. The number of carboxylic acids is 1. The number of nitrogens with zero attached hydrogens (tertiary/aromatic N) is 5. The molecule has 3 rings (SSSR count). The van der Waals surface area contributed by atoms with Crippen molar-refractivity contribution in [2.75, 3.05) is 18.5 Å². The van der Waals surface area contributed by atoms with E-state index in [-0.39, 0.29) is 23.0 Å². The van der Waals surface area contributed by atoms with Gasteiger partial charge in [0.1, 0.15) is 40.5 Å². The first-order valence-electron chi connectivity index (χ1n) is 19.2. The van der Waals surface area contributed by atoms with Crippen molar-refractivity contribution in [3.63, 3.8) is 0 Å². The molecule has 3 amide bonds. The van der Waals surface area contributed by atoms with E-state index in [4.69, 9.17) is 33.6 Å². The van der Waals surface area contributed by atoms with Gasteiger partial charge in [-0.15, -0.1) is 16.3 Å². The van der Waals surface area contributed by atoms with E-state index in [1.165, 1.54) is 5.38 Å². The summed E-state index contributed by atoms with van der Waals surface area (Å²) in [7, 11) is 1.73. The van der Waals surface area contributed by atoms with Crippen molar-refractivity contribution in [2.45, 2.75) is 125 Å². The SMILES string of the molecule is Cn1c(-c2ccc(OC[C@H](O/N=C(\C(=O)O)c3csc(NC(=O)OC(C)(C)C)n3)C(=O)OC(C)(C)C)cc2)cn(CCCNC(=O)OOC(C)(C)C)c1=NC(=O)OC(C)(C)C. The van der Waals surface area contributed by atoms with Crippen LogP contribution >= 0.6 is 11.3 Å². The molecule has 336 valence electrons. The number of aromatic nitrogens is 3. The Kier molecular flexibility index (Phi) is 16.6. The number of carbonyl (C=O) groups excluding carboxylic acids is 4. The van der Waals surface area contributed by atoms with E-state index in [0.717, 1.165) is 11.3 Å². The molecule has 0 saturated heterocycles. The number of thiazole rings is 1. The molecule has 21 heteroatoms. The number of aliphatic carboxylic acids is 1. The fourth-order valence-corrected chi connectivity index (χ4v) is 5.39. The molecule has 20 nitrogen and oxygen atoms in total. The summed E-state index contributed by atoms with van der Waals surface area (Å²) < 4.78 is 25.5. The summed E-state index contributed by atoms with van der Waals surface area (Å²) in [6.07, 6.45) is -1.59. The molecule has 1 aromatic carbocycles. The van der Waals surface area contributed by atoms with E-state index in [9.17, 15) is 29.1 Å². The van der Waals surface area contributed by atoms with Gasteiger partial charge in [0.25, 0.3) is 6.10 Å². The molecule has 3 aromatic rings. The third-order valence-corrected chi connectivity index (χ3v) is 7.80. The number of hydrogen-bond acceptors (Lipinski definition) is 15. The van der Waals surface area contributed by atoms with E-state index in [1.54, 1.807) is 130 Å². The first kappa shape index (κ1) is 49.4. The smallest absolute Gasteiger partial charge is 0.438 e. The maximum Gasteiger partial charge on any atom is 0.438 e. The first-order chi connectivity index (χ1) is 28.1. The Morgan fingerprint density at radius 3 is 2.05 bits per heavy atom. The molecule has 0 aliphatic rings. The summed E-state index contributed by atoms with van der Waals surface area (Å²) >= 11 is 0.930. The Morgan fingerprint density at radius 1 is 0.852 bits per heavy atom. The van der Waals surface area contributed by atoms with Crippen LogP contribution in [0.5, 0.6) is 5.75 Å². The number of ether oxygens (including phenoxy) is 4. The van der Waals surface area contributed by atoms with Gasteiger partial charge in [-0.1, -0.05) is 5.16 Å². The average Bonchev–Trinajstić information content (AvgIpc) is 3.67. The van der Waals surface area contributed by atoms with Gasteiger partial charge < -0.3 is 43.3 Å². The molecule has 0 aliphatic heterocycles. The molecule has 0 saturated carbocycles. The number of oxime groups is 1. The van der Waals surface area contributed by atoms with Crippen molar-refractivity contribution in [2.24, 2.45) is 17.2 Å². The van der Waals surface area contributed by atoms with E-state index >= 15 is 0 Å². The van der Waals surface area contributed by atoms with Crippen molar-refractivity contribution >= 4 is 52.4 Å². The highest BCUT2D eigenvalue weighted by atomic mass is 32.1. The Labute approximate surface area is 358 Å². The summed E-state index contributed by atoms with van der Waals surface area (Å²) in [5.74, 6) is -2.07. The first-order valence-corrected chi connectivity index (χ1v) is 20.0. The van der Waals surface area contributed by atoms with Crippen LogP contribution < -0.4 is 21.0 Å². The van der Waals surface area contributed by atoms with Crippen LogP contribution in [0.2, 0.25) is 0 Å². The number of anilines is 1. The van der Waals surface area contributed by atoms with Crippen molar-refractivity contribution < 1.29 is 62.6 Å². The second kappa shape index (κ2) is 20.5. The zero-order valence-electron chi connectivity index (χ0n) is 36.9. The molecular formula is C40H57N7O13S. The summed E-state index contributed by atoms with van der Waals surface area (Å²) in [5, 5.41) is 20.1. The van der Waals surface area contributed by atoms with Gasteiger partial charge in [-0.2, -0.15) is 4.89 Å². The molecule has 3 N–H and O–H groups in total. The molecule has 0 bridgehead atoms. The minimum Gasteiger partial charge on any atom is -0.489 e. The van der Waals surface area contributed by atoms with Gasteiger partial charge >= 0.3 is 30.2 Å². The summed E-state index contributed by atoms with van der Waals surface area (Å²) in [6.45, 7) is 20.6. The van der Waals surface area contributed by atoms with Crippen LogP contribution in [0, 0.1) is 0 Å². The number of amides is 3. The van der Waals surface area contributed by atoms with Gasteiger partial charge in [0.2, 0.25) is 11.3 Å². The number of aryl methyl sites for hydroxylation is 1. The molecule has 0 radical (unpaired) electrons. The molecule has 0 fully saturated rings. The van der Waals surface area contributed by atoms with Crippen LogP contribution in [0.1, 0.15) is 95.2 Å². The van der Waals surface area contributed by atoms with Crippen molar-refractivity contribution in [1.29, 1.82) is 0 Å². The van der Waals surface area contributed by atoms with E-state index in [0.29, 0.717) is 30.0 Å². The Bertz CT molecular complexity index is 2110. The predicted molar refractivity (Wildman–Crippen MR) is 223 cm³/mol. The molecule has 61 heavy (non-hydrogen) atoms. The Hall–Kier alpha value is -5.96. The fourth-order valence-electron chi connectivity index (χ4n) is 4.71. The van der Waals surface area contributed by atoms with Gasteiger partial charge in [0.05, 0.1) is 5.69 Å². The van der Waals surface area contributed by atoms with E-state index in [1.807, 2.05) is 0 Å². The van der Waals surface area contributed by atoms with Gasteiger partial charge in [-0.05, 0) is 119 Å². The lowest BCUT2D eigenvalue weighted by Gasteiger charge is -2.23. The lowest BCUT2D eigenvalue weighted by molar-refractivity contribution is -0.300. The minimum atomic E-state index is -1.52. The Balaban J connectivity index is 1.82. The third kappa shape index (κ3) is 17.7. The Morgan fingerprint density at radius 2 is 1.48 bits per heavy atom. The normalized spacial score (nSPS) is 13.2. The van der Waals surface area contributed by atoms with Crippen LogP contribution in [-0.2, 0) is 52.0 Å². The molecule has 0 unspecified atom stereocenters. The van der Waals surface area contributed by atoms with E-state index < -0.39 is 71.0 Å². The topological polar surface area (TPSA) is 242 Å². The second-order valence-electron chi connectivity index (χ2n) is 17.4. The number of rotatable bonds is 15. The number of carbonyl (C=O) groups is 5. The van der Waals surface area contributed by atoms with Gasteiger partial charge in [-0.3, -0.25) is 10.2 Å². The summed E-state index contributed by atoms with van der Waals surface area (Å²) in [4.78, 5) is 86.0. The summed E-state index contributed by atoms with van der Waals surface area (Å²) in [6, 6.07) is 6.76. The molecule has 0 spiro atoms. The third-order valence-electron chi connectivity index (χ3n) is 7.04. The number of esters is 1. The number of benzene rings is 1. The van der Waals surface area contributed by atoms with Crippen molar-refractivity contribution in [3.05, 3.63) is 47.2 Å². The standard InChI is InChI=1S/C40H57N7O13S/c1-37(2,3)55-31(50)28(58-45-29(30(48)49)26-23-61-32(42-26)43-35(52)56-38(4,5)6)22-54-25-17-15-24(16-18-25)27-21-47(20-14-19-41-34(51)59-60-40(10,11)12)33(46(27)13)44-36(53)57-39(7,8)9/h15-18,21,23,28H,14,19-20,22H2,1-13H3,(H,41,51)(H,48,49)(H,42,43,52)/b44-33?,45-29-/t28-/m0/s1. The molecular weight excluding hydrogens is 819 g/mol. The highest BCUT2D eigenvalue weighted by molar-refractivity contribution is 7.14. The number of carboxylic acid groups (broad SMARTS) is 1. The van der Waals surface area contributed by atoms with Gasteiger partial charge in [0, 0.05) is 31.7 Å². The largest absolute Gasteiger partial charge is 0.489 e. The zero-order chi connectivity index (χ0) is 45.9. The molecule has 0 aliphatic carbocycles. The van der Waals surface area contributed by atoms with Crippen LogP contribution in [0.25, 0.3) is 11.3 Å². The molecule has 2 aromatic heterocycles. The number of nitrogens with one attached hydrogen (secondary N) is 2. The predicted octanol–water partition coefficient (Wildman–Crippen LogP) is 6.57. The fraction of sp³-hybridized carbons (Fsp3) is 0.550. The molecule has 2 heterocycles.